The SMILES string of the molecule is C[C@H](NC(=O)CN1CCCCCC1=O)c1ccccc1Cl. The van der Waals surface area contributed by atoms with E-state index in [1.54, 1.807) is 11.0 Å². The van der Waals surface area contributed by atoms with Gasteiger partial charge in [-0.1, -0.05) is 36.2 Å². The van der Waals surface area contributed by atoms with Crippen LogP contribution in [0.15, 0.2) is 24.3 Å². The van der Waals surface area contributed by atoms with E-state index in [-0.39, 0.29) is 24.4 Å². The van der Waals surface area contributed by atoms with E-state index in [0.29, 0.717) is 18.0 Å². The van der Waals surface area contributed by atoms with Gasteiger partial charge >= 0.3 is 0 Å². The Bertz CT molecular complexity index is 519. The van der Waals surface area contributed by atoms with Crippen molar-refractivity contribution in [3.8, 4) is 0 Å². The molecule has 2 amide bonds. The van der Waals surface area contributed by atoms with Gasteiger partial charge in [-0.25, -0.2) is 0 Å². The molecule has 0 aliphatic carbocycles. The summed E-state index contributed by atoms with van der Waals surface area (Å²) in [6, 6.07) is 7.27. The molecule has 4 nitrogen and oxygen atoms in total. The number of amides is 2. The third kappa shape index (κ3) is 4.46. The molecule has 21 heavy (non-hydrogen) atoms. The van der Waals surface area contributed by atoms with Crippen molar-refractivity contribution >= 4 is 23.4 Å². The summed E-state index contributed by atoms with van der Waals surface area (Å²) in [5, 5.41) is 3.54. The number of carbonyl (C=O) groups excluding carboxylic acids is 2. The highest BCUT2D eigenvalue weighted by Gasteiger charge is 2.20. The van der Waals surface area contributed by atoms with Crippen LogP contribution >= 0.6 is 11.6 Å². The van der Waals surface area contributed by atoms with Crippen LogP contribution in [0.4, 0.5) is 0 Å². The van der Waals surface area contributed by atoms with Gasteiger partial charge in [-0.2, -0.15) is 0 Å². The van der Waals surface area contributed by atoms with E-state index < -0.39 is 0 Å². The molecule has 0 radical (unpaired) electrons. The van der Waals surface area contributed by atoms with E-state index >= 15 is 0 Å². The van der Waals surface area contributed by atoms with Crippen molar-refractivity contribution in [1.29, 1.82) is 0 Å². The molecule has 2 rings (SSSR count). The molecule has 0 unspecified atom stereocenters. The van der Waals surface area contributed by atoms with Gasteiger partial charge in [0.1, 0.15) is 0 Å². The minimum atomic E-state index is -0.173. The number of nitrogens with zero attached hydrogens (tertiary/aromatic N) is 1. The standard InChI is InChI=1S/C16H21ClN2O2/c1-12(13-7-4-5-8-14(13)17)18-15(20)11-19-10-6-2-3-9-16(19)21/h4-5,7-8,12H,2-3,6,9-11H2,1H3,(H,18,20)/t12-/m0/s1. The van der Waals surface area contributed by atoms with Crippen molar-refractivity contribution in [2.45, 2.75) is 38.6 Å². The van der Waals surface area contributed by atoms with E-state index in [1.807, 2.05) is 25.1 Å². The van der Waals surface area contributed by atoms with Crippen LogP contribution in [0.3, 0.4) is 0 Å². The monoisotopic (exact) mass is 308 g/mol. The molecule has 0 bridgehead atoms. The van der Waals surface area contributed by atoms with Crippen molar-refractivity contribution in [1.82, 2.24) is 10.2 Å². The fourth-order valence-electron chi connectivity index (χ4n) is 2.57. The molecule has 1 fully saturated rings. The van der Waals surface area contributed by atoms with Gasteiger partial charge in [0.05, 0.1) is 12.6 Å². The highest BCUT2D eigenvalue weighted by molar-refractivity contribution is 6.31. The number of rotatable bonds is 4. The summed E-state index contributed by atoms with van der Waals surface area (Å²) in [7, 11) is 0. The smallest absolute Gasteiger partial charge is 0.240 e. The summed E-state index contributed by atoms with van der Waals surface area (Å²) >= 11 is 6.12. The predicted octanol–water partition coefficient (Wildman–Crippen LogP) is 2.92. The average molecular weight is 309 g/mol. The number of carbonyl (C=O) groups is 2. The summed E-state index contributed by atoms with van der Waals surface area (Å²) in [6.07, 6.45) is 3.50. The Hall–Kier alpha value is -1.55. The quantitative estimate of drug-likeness (QED) is 0.929. The summed E-state index contributed by atoms with van der Waals surface area (Å²) in [4.78, 5) is 25.7. The third-order valence-electron chi connectivity index (χ3n) is 3.76. The lowest BCUT2D eigenvalue weighted by atomic mass is 10.1. The normalized spacial score (nSPS) is 17.2. The first-order valence-corrected chi connectivity index (χ1v) is 7.77. The zero-order chi connectivity index (χ0) is 15.2. The topological polar surface area (TPSA) is 49.4 Å². The maximum Gasteiger partial charge on any atom is 0.240 e. The van der Waals surface area contributed by atoms with E-state index in [2.05, 4.69) is 5.32 Å². The van der Waals surface area contributed by atoms with Crippen LogP contribution in [0.2, 0.25) is 5.02 Å². The lowest BCUT2D eigenvalue weighted by Crippen LogP contribution is -2.41. The van der Waals surface area contributed by atoms with Gasteiger partial charge in [-0.15, -0.1) is 0 Å². The maximum atomic E-state index is 12.1. The minimum absolute atomic E-state index is 0.0769. The number of benzene rings is 1. The summed E-state index contributed by atoms with van der Waals surface area (Å²) in [5.74, 6) is -0.0642. The Labute approximate surface area is 130 Å². The van der Waals surface area contributed by atoms with E-state index in [4.69, 9.17) is 11.6 Å². The Balaban J connectivity index is 1.92. The summed E-state index contributed by atoms with van der Waals surface area (Å²) < 4.78 is 0. The molecule has 1 heterocycles. The van der Waals surface area contributed by atoms with Gasteiger partial charge in [-0.3, -0.25) is 9.59 Å². The molecule has 0 spiro atoms. The highest BCUT2D eigenvalue weighted by Crippen LogP contribution is 2.22. The Morgan fingerprint density at radius 3 is 2.86 bits per heavy atom. The van der Waals surface area contributed by atoms with Crippen LogP contribution in [0.1, 0.15) is 44.2 Å². The summed E-state index contributed by atoms with van der Waals surface area (Å²) in [5.41, 5.74) is 0.884. The lowest BCUT2D eigenvalue weighted by Gasteiger charge is -2.22. The fourth-order valence-corrected chi connectivity index (χ4v) is 2.87. The number of likely N-dealkylation sites (tertiary alicyclic amines) is 1. The first kappa shape index (κ1) is 15.8. The zero-order valence-corrected chi connectivity index (χ0v) is 13.0. The molecule has 0 saturated carbocycles. The van der Waals surface area contributed by atoms with Crippen LogP contribution < -0.4 is 5.32 Å². The summed E-state index contributed by atoms with van der Waals surface area (Å²) in [6.45, 7) is 2.70. The highest BCUT2D eigenvalue weighted by atomic mass is 35.5. The fraction of sp³-hybridized carbons (Fsp3) is 0.500. The van der Waals surface area contributed by atoms with Gasteiger partial charge in [0.2, 0.25) is 11.8 Å². The van der Waals surface area contributed by atoms with Crippen LogP contribution in [0.25, 0.3) is 0 Å². The van der Waals surface area contributed by atoms with Crippen LogP contribution in [-0.2, 0) is 9.59 Å². The van der Waals surface area contributed by atoms with Crippen molar-refractivity contribution < 1.29 is 9.59 Å². The van der Waals surface area contributed by atoms with E-state index in [9.17, 15) is 9.59 Å². The van der Waals surface area contributed by atoms with Crippen molar-refractivity contribution in [3.63, 3.8) is 0 Å². The van der Waals surface area contributed by atoms with Crippen molar-refractivity contribution in [2.24, 2.45) is 0 Å². The van der Waals surface area contributed by atoms with Crippen LogP contribution in [-0.4, -0.2) is 29.8 Å². The van der Waals surface area contributed by atoms with Crippen molar-refractivity contribution in [2.75, 3.05) is 13.1 Å². The van der Waals surface area contributed by atoms with E-state index in [0.717, 1.165) is 24.8 Å². The molecule has 1 aromatic carbocycles. The second-order valence-corrected chi connectivity index (χ2v) is 5.84. The third-order valence-corrected chi connectivity index (χ3v) is 4.10. The molecule has 1 aromatic rings. The van der Waals surface area contributed by atoms with E-state index in [1.165, 1.54) is 0 Å². The zero-order valence-electron chi connectivity index (χ0n) is 12.3. The minimum Gasteiger partial charge on any atom is -0.348 e. The molecule has 1 aliphatic rings. The average Bonchev–Trinajstić information content (AvgIpc) is 2.64. The molecule has 1 aliphatic heterocycles. The van der Waals surface area contributed by atoms with Gasteiger partial charge in [-0.05, 0) is 31.4 Å². The predicted molar refractivity (Wildman–Crippen MR) is 83.1 cm³/mol. The molecule has 1 N–H and O–H groups in total. The molecule has 5 heteroatoms. The molecular weight excluding hydrogens is 288 g/mol. The lowest BCUT2D eigenvalue weighted by molar-refractivity contribution is -0.135. The number of nitrogens with one attached hydrogen (secondary N) is 1. The molecule has 1 saturated heterocycles. The molecule has 1 atom stereocenters. The first-order valence-electron chi connectivity index (χ1n) is 7.39. The van der Waals surface area contributed by atoms with Gasteiger partial charge < -0.3 is 10.2 Å². The second-order valence-electron chi connectivity index (χ2n) is 5.44. The Morgan fingerprint density at radius 1 is 1.33 bits per heavy atom. The Morgan fingerprint density at radius 2 is 2.10 bits per heavy atom. The van der Waals surface area contributed by atoms with Gasteiger partial charge in [0, 0.05) is 18.0 Å². The van der Waals surface area contributed by atoms with Crippen LogP contribution in [0.5, 0.6) is 0 Å². The Kier molecular flexibility index (Phi) is 5.62. The van der Waals surface area contributed by atoms with Crippen LogP contribution in [0, 0.1) is 0 Å². The maximum absolute atomic E-state index is 12.1. The second kappa shape index (κ2) is 7.46. The molecule has 0 aromatic heterocycles. The van der Waals surface area contributed by atoms with Gasteiger partial charge in [0.15, 0.2) is 0 Å². The van der Waals surface area contributed by atoms with Crippen molar-refractivity contribution in [3.05, 3.63) is 34.9 Å². The number of halogens is 1. The largest absolute Gasteiger partial charge is 0.348 e. The van der Waals surface area contributed by atoms with Gasteiger partial charge in [0.25, 0.3) is 0 Å². The molecule has 114 valence electrons. The number of hydrogen-bond acceptors (Lipinski definition) is 2. The molecular formula is C16H21ClN2O2. The number of hydrogen-bond donors (Lipinski definition) is 1. The first-order chi connectivity index (χ1) is 10.1.